The summed E-state index contributed by atoms with van der Waals surface area (Å²) in [6.07, 6.45) is 0.411. The molecule has 1 aromatic carbocycles. The number of carbonyl (C=O) groups excluding carboxylic acids is 1. The number of nitrogens with two attached hydrogens (primary N) is 1. The number of rotatable bonds is 5. The highest BCUT2D eigenvalue weighted by Crippen LogP contribution is 2.21. The Morgan fingerprint density at radius 2 is 2.05 bits per heavy atom. The lowest BCUT2D eigenvalue weighted by Crippen LogP contribution is -2.37. The smallest absolute Gasteiger partial charge is 0.243 e. The van der Waals surface area contributed by atoms with Crippen LogP contribution in [0.5, 0.6) is 5.75 Å². The van der Waals surface area contributed by atoms with E-state index in [1.807, 2.05) is 5.38 Å². The number of aromatic nitrogens is 1. The van der Waals surface area contributed by atoms with Gasteiger partial charge in [0.25, 0.3) is 0 Å². The molecule has 1 atom stereocenters. The molecular weight excluding hydrogens is 286 g/mol. The summed E-state index contributed by atoms with van der Waals surface area (Å²) in [5, 5.41) is 14.5. The molecule has 0 aliphatic rings. The van der Waals surface area contributed by atoms with Gasteiger partial charge in [-0.3, -0.25) is 4.79 Å². The second-order valence-corrected chi connectivity index (χ2v) is 6.06. The number of aromatic hydroxyl groups is 1. The van der Waals surface area contributed by atoms with E-state index in [0.29, 0.717) is 17.5 Å². The van der Waals surface area contributed by atoms with Gasteiger partial charge in [-0.05, 0) is 30.0 Å². The van der Waals surface area contributed by atoms with Crippen LogP contribution < -0.4 is 11.1 Å². The van der Waals surface area contributed by atoms with Gasteiger partial charge < -0.3 is 16.2 Å². The third-order valence-electron chi connectivity index (χ3n) is 3.07. The van der Waals surface area contributed by atoms with Crippen molar-refractivity contribution in [1.82, 2.24) is 4.98 Å². The Bertz CT molecular complexity index is 608. The van der Waals surface area contributed by atoms with E-state index in [4.69, 9.17) is 5.73 Å². The molecule has 0 spiro atoms. The Balaban J connectivity index is 1.94. The highest BCUT2D eigenvalue weighted by Gasteiger charge is 2.16. The highest BCUT2D eigenvalue weighted by molar-refractivity contribution is 7.13. The number of thiazole rings is 1. The van der Waals surface area contributed by atoms with Crippen molar-refractivity contribution in [3.8, 4) is 5.75 Å². The molecule has 1 amide bonds. The van der Waals surface area contributed by atoms with Crippen LogP contribution in [0.1, 0.15) is 31.0 Å². The average molecular weight is 305 g/mol. The quantitative estimate of drug-likeness (QED) is 0.792. The maximum absolute atomic E-state index is 12.0. The van der Waals surface area contributed by atoms with E-state index >= 15 is 0 Å². The SMILES string of the molecule is CC(C)c1csc(NC(=O)[C@H](N)Cc2ccc(O)cc2)n1. The summed E-state index contributed by atoms with van der Waals surface area (Å²) >= 11 is 1.40. The molecule has 0 radical (unpaired) electrons. The second-order valence-electron chi connectivity index (χ2n) is 5.20. The van der Waals surface area contributed by atoms with Gasteiger partial charge in [0, 0.05) is 5.38 Å². The molecule has 0 bridgehead atoms. The van der Waals surface area contributed by atoms with Crippen molar-refractivity contribution >= 4 is 22.4 Å². The maximum Gasteiger partial charge on any atom is 0.243 e. The predicted octanol–water partition coefficient (Wildman–Crippen LogP) is 2.48. The molecular formula is C15H19N3O2S. The van der Waals surface area contributed by atoms with Crippen molar-refractivity contribution in [3.05, 3.63) is 40.9 Å². The first-order valence-corrected chi connectivity index (χ1v) is 7.63. The molecule has 0 aliphatic carbocycles. The molecule has 0 fully saturated rings. The van der Waals surface area contributed by atoms with Crippen LogP contribution in [0.15, 0.2) is 29.6 Å². The summed E-state index contributed by atoms with van der Waals surface area (Å²) in [4.78, 5) is 16.4. The van der Waals surface area contributed by atoms with E-state index in [1.165, 1.54) is 11.3 Å². The van der Waals surface area contributed by atoms with E-state index < -0.39 is 6.04 Å². The average Bonchev–Trinajstić information content (AvgIpc) is 2.90. The topological polar surface area (TPSA) is 88.2 Å². The first-order valence-electron chi connectivity index (χ1n) is 6.75. The van der Waals surface area contributed by atoms with Gasteiger partial charge in [0.1, 0.15) is 5.75 Å². The molecule has 2 rings (SSSR count). The molecule has 1 heterocycles. The first-order chi connectivity index (χ1) is 9.95. The van der Waals surface area contributed by atoms with Crippen LogP contribution in [-0.2, 0) is 11.2 Å². The number of phenolic OH excluding ortho intramolecular Hbond substituents is 1. The Morgan fingerprint density at radius 1 is 1.38 bits per heavy atom. The third kappa shape index (κ3) is 4.27. The van der Waals surface area contributed by atoms with Crippen LogP contribution in [-0.4, -0.2) is 22.0 Å². The number of amides is 1. The Morgan fingerprint density at radius 3 is 2.62 bits per heavy atom. The zero-order chi connectivity index (χ0) is 15.4. The van der Waals surface area contributed by atoms with Crippen molar-refractivity contribution in [1.29, 1.82) is 0 Å². The van der Waals surface area contributed by atoms with Gasteiger partial charge in [-0.15, -0.1) is 11.3 Å². The van der Waals surface area contributed by atoms with Crippen molar-refractivity contribution < 1.29 is 9.90 Å². The molecule has 0 unspecified atom stereocenters. The molecule has 5 nitrogen and oxygen atoms in total. The Kier molecular flexibility index (Phi) is 4.93. The summed E-state index contributed by atoms with van der Waals surface area (Å²) in [5.41, 5.74) is 7.77. The molecule has 0 saturated heterocycles. The summed E-state index contributed by atoms with van der Waals surface area (Å²) < 4.78 is 0. The summed E-state index contributed by atoms with van der Waals surface area (Å²) in [6.45, 7) is 4.11. The van der Waals surface area contributed by atoms with Gasteiger partial charge in [-0.25, -0.2) is 4.98 Å². The number of nitrogens with zero attached hydrogens (tertiary/aromatic N) is 1. The number of hydrogen-bond acceptors (Lipinski definition) is 5. The standard InChI is InChI=1S/C15H19N3O2S/c1-9(2)13-8-21-15(17-13)18-14(20)12(16)7-10-3-5-11(19)6-4-10/h3-6,8-9,12,19H,7,16H2,1-2H3,(H,17,18,20)/t12-/m1/s1. The van der Waals surface area contributed by atoms with Crippen molar-refractivity contribution in [2.75, 3.05) is 5.32 Å². The van der Waals surface area contributed by atoms with Gasteiger partial charge in [-0.2, -0.15) is 0 Å². The van der Waals surface area contributed by atoms with Gasteiger partial charge in [-0.1, -0.05) is 26.0 Å². The minimum absolute atomic E-state index is 0.195. The van der Waals surface area contributed by atoms with E-state index in [0.717, 1.165) is 11.3 Å². The van der Waals surface area contributed by atoms with Crippen molar-refractivity contribution in [2.45, 2.75) is 32.2 Å². The fourth-order valence-electron chi connectivity index (χ4n) is 1.79. The van der Waals surface area contributed by atoms with Gasteiger partial charge in [0.05, 0.1) is 11.7 Å². The molecule has 2 aromatic rings. The number of anilines is 1. The second kappa shape index (κ2) is 6.69. The molecule has 112 valence electrons. The molecule has 0 aliphatic heterocycles. The van der Waals surface area contributed by atoms with Crippen LogP contribution in [0, 0.1) is 0 Å². The zero-order valence-corrected chi connectivity index (χ0v) is 12.9. The number of carbonyl (C=O) groups is 1. The van der Waals surface area contributed by atoms with Crippen LogP contribution in [0.4, 0.5) is 5.13 Å². The molecule has 6 heteroatoms. The zero-order valence-electron chi connectivity index (χ0n) is 12.0. The normalized spacial score (nSPS) is 12.4. The fraction of sp³-hybridized carbons (Fsp3) is 0.333. The molecule has 1 aromatic heterocycles. The number of benzene rings is 1. The van der Waals surface area contributed by atoms with Crippen LogP contribution in [0.2, 0.25) is 0 Å². The maximum atomic E-state index is 12.0. The van der Waals surface area contributed by atoms with Crippen LogP contribution >= 0.6 is 11.3 Å². The Hall–Kier alpha value is -1.92. The summed E-state index contributed by atoms with van der Waals surface area (Å²) in [5.74, 6) is 0.270. The fourth-order valence-corrected chi connectivity index (χ4v) is 2.66. The van der Waals surface area contributed by atoms with Crippen LogP contribution in [0.25, 0.3) is 0 Å². The number of nitrogens with one attached hydrogen (secondary N) is 1. The first kappa shape index (κ1) is 15.5. The van der Waals surface area contributed by atoms with Gasteiger partial charge in [0.15, 0.2) is 5.13 Å². The van der Waals surface area contributed by atoms with Crippen molar-refractivity contribution in [3.63, 3.8) is 0 Å². The Labute approximate surface area is 127 Å². The summed E-state index contributed by atoms with van der Waals surface area (Å²) in [6, 6.07) is 6.01. The lowest BCUT2D eigenvalue weighted by atomic mass is 10.1. The molecule has 0 saturated carbocycles. The van der Waals surface area contributed by atoms with Gasteiger partial charge >= 0.3 is 0 Å². The van der Waals surface area contributed by atoms with E-state index in [-0.39, 0.29) is 11.7 Å². The molecule has 4 N–H and O–H groups in total. The van der Waals surface area contributed by atoms with Gasteiger partial charge in [0.2, 0.25) is 5.91 Å². The predicted molar refractivity (Wildman–Crippen MR) is 84.6 cm³/mol. The third-order valence-corrected chi connectivity index (χ3v) is 3.85. The number of hydrogen-bond donors (Lipinski definition) is 3. The minimum Gasteiger partial charge on any atom is -0.508 e. The molecule has 21 heavy (non-hydrogen) atoms. The minimum atomic E-state index is -0.652. The van der Waals surface area contributed by atoms with E-state index in [1.54, 1.807) is 24.3 Å². The lowest BCUT2D eigenvalue weighted by molar-refractivity contribution is -0.117. The largest absolute Gasteiger partial charge is 0.508 e. The summed E-state index contributed by atoms with van der Waals surface area (Å²) in [7, 11) is 0. The highest BCUT2D eigenvalue weighted by atomic mass is 32.1. The van der Waals surface area contributed by atoms with Crippen LogP contribution in [0.3, 0.4) is 0 Å². The number of phenols is 1. The lowest BCUT2D eigenvalue weighted by Gasteiger charge is -2.11. The van der Waals surface area contributed by atoms with Crippen molar-refractivity contribution in [2.24, 2.45) is 5.73 Å². The van der Waals surface area contributed by atoms with E-state index in [9.17, 15) is 9.90 Å². The monoisotopic (exact) mass is 305 g/mol. The van der Waals surface area contributed by atoms with E-state index in [2.05, 4.69) is 24.1 Å².